The molecule has 3 aromatic rings. The molecule has 0 aliphatic carbocycles. The Morgan fingerprint density at radius 1 is 1.28 bits per heavy atom. The number of hydrogen-bond donors (Lipinski definition) is 1. The van der Waals surface area contributed by atoms with E-state index in [2.05, 4.69) is 4.98 Å². The third-order valence-electron chi connectivity index (χ3n) is 3.87. The molecule has 0 saturated heterocycles. The number of fused-ring (bicyclic) bond motifs is 1. The van der Waals surface area contributed by atoms with Crippen molar-refractivity contribution < 1.29 is 13.2 Å². The topological polar surface area (TPSA) is 82.3 Å². The highest BCUT2D eigenvalue weighted by atomic mass is 32.2. The summed E-state index contributed by atoms with van der Waals surface area (Å²) >= 11 is 2.92. The molecule has 2 aromatic carbocycles. The van der Waals surface area contributed by atoms with Gasteiger partial charge in [0.2, 0.25) is 10.0 Å². The minimum atomic E-state index is -3.72. The zero-order valence-corrected chi connectivity index (χ0v) is 16.2. The van der Waals surface area contributed by atoms with Crippen LogP contribution in [0.2, 0.25) is 0 Å². The maximum absolute atomic E-state index is 12.1. The van der Waals surface area contributed by atoms with Crippen LogP contribution in [-0.2, 0) is 10.0 Å². The van der Waals surface area contributed by atoms with Gasteiger partial charge in [0.25, 0.3) is 0 Å². The van der Waals surface area contributed by atoms with E-state index < -0.39 is 15.3 Å². The number of hydrogen-bond acceptors (Lipinski definition) is 6. The molecule has 0 aliphatic rings. The molecule has 0 spiro atoms. The van der Waals surface area contributed by atoms with Gasteiger partial charge in [0.05, 0.1) is 17.3 Å². The number of ether oxygens (including phenoxy) is 1. The van der Waals surface area contributed by atoms with E-state index >= 15 is 0 Å². The molecule has 8 heteroatoms. The smallest absolute Gasteiger partial charge is 0.217 e. The molecule has 3 rings (SSSR count). The summed E-state index contributed by atoms with van der Waals surface area (Å²) in [5.74, 6) is 1.09. The molecule has 1 unspecified atom stereocenters. The van der Waals surface area contributed by atoms with Gasteiger partial charge in [0, 0.05) is 5.75 Å². The highest BCUT2D eigenvalue weighted by Crippen LogP contribution is 2.35. The average Bonchev–Trinajstić information content (AvgIpc) is 2.97. The summed E-state index contributed by atoms with van der Waals surface area (Å²) in [6.45, 7) is 1.89. The van der Waals surface area contributed by atoms with E-state index in [9.17, 15) is 8.42 Å². The summed E-state index contributed by atoms with van der Waals surface area (Å²) in [5.41, 5.74) is 2.52. The Labute approximate surface area is 155 Å². The van der Waals surface area contributed by atoms with Crippen molar-refractivity contribution in [2.45, 2.75) is 16.5 Å². The fourth-order valence-electron chi connectivity index (χ4n) is 2.53. The molecule has 1 heterocycles. The standard InChI is InChI=1S/C17H18N2O3S3/c1-11-5-3-4-6-13(11)16(25(18,20)21)10-23-17-19-14-8-7-12(22-2)9-15(14)24-17/h3-9,16H,10H2,1-2H3,(H2,18,20,21). The summed E-state index contributed by atoms with van der Waals surface area (Å²) in [7, 11) is -2.09. The zero-order valence-electron chi connectivity index (χ0n) is 13.8. The van der Waals surface area contributed by atoms with Crippen LogP contribution >= 0.6 is 23.1 Å². The van der Waals surface area contributed by atoms with Gasteiger partial charge in [-0.1, -0.05) is 36.0 Å². The molecular formula is C17H18N2O3S3. The van der Waals surface area contributed by atoms with Gasteiger partial charge < -0.3 is 4.74 Å². The second kappa shape index (κ2) is 7.33. The van der Waals surface area contributed by atoms with Crippen LogP contribution in [-0.4, -0.2) is 26.3 Å². The van der Waals surface area contributed by atoms with Crippen LogP contribution in [0.4, 0.5) is 0 Å². The monoisotopic (exact) mass is 394 g/mol. The molecule has 0 bridgehead atoms. The van der Waals surface area contributed by atoms with Crippen molar-refractivity contribution in [3.05, 3.63) is 53.6 Å². The zero-order chi connectivity index (χ0) is 18.0. The van der Waals surface area contributed by atoms with Gasteiger partial charge in [0.1, 0.15) is 11.0 Å². The first-order valence-electron chi connectivity index (χ1n) is 7.53. The maximum atomic E-state index is 12.1. The molecule has 0 fully saturated rings. The summed E-state index contributed by atoms with van der Waals surface area (Å²) in [6.07, 6.45) is 0. The van der Waals surface area contributed by atoms with Crippen LogP contribution in [0.15, 0.2) is 46.8 Å². The van der Waals surface area contributed by atoms with E-state index in [1.54, 1.807) is 7.11 Å². The average molecular weight is 395 g/mol. The molecule has 0 radical (unpaired) electrons. The summed E-state index contributed by atoms with van der Waals surface area (Å²) in [5, 5.41) is 4.72. The number of thiazole rings is 1. The number of aromatic nitrogens is 1. The van der Waals surface area contributed by atoms with Crippen molar-refractivity contribution in [2.24, 2.45) is 5.14 Å². The normalized spacial score (nSPS) is 13.1. The Bertz CT molecular complexity index is 999. The van der Waals surface area contributed by atoms with Gasteiger partial charge in [-0.05, 0) is 36.2 Å². The van der Waals surface area contributed by atoms with Crippen LogP contribution in [0.5, 0.6) is 5.75 Å². The molecule has 25 heavy (non-hydrogen) atoms. The number of methoxy groups -OCH3 is 1. The van der Waals surface area contributed by atoms with E-state index in [0.29, 0.717) is 5.75 Å². The fraction of sp³-hybridized carbons (Fsp3) is 0.235. The van der Waals surface area contributed by atoms with Crippen molar-refractivity contribution in [1.82, 2.24) is 4.98 Å². The van der Waals surface area contributed by atoms with E-state index in [1.165, 1.54) is 23.1 Å². The van der Waals surface area contributed by atoms with Crippen LogP contribution in [0, 0.1) is 6.92 Å². The number of thioether (sulfide) groups is 1. The lowest BCUT2D eigenvalue weighted by atomic mass is 10.1. The predicted molar refractivity (Wildman–Crippen MR) is 104 cm³/mol. The molecule has 0 saturated carbocycles. The van der Waals surface area contributed by atoms with Gasteiger partial charge in [0.15, 0.2) is 4.34 Å². The third-order valence-corrected chi connectivity index (χ3v) is 7.55. The molecule has 132 valence electrons. The lowest BCUT2D eigenvalue weighted by molar-refractivity contribution is 0.415. The summed E-state index contributed by atoms with van der Waals surface area (Å²) in [6, 6.07) is 13.1. The lowest BCUT2D eigenvalue weighted by Gasteiger charge is -2.16. The van der Waals surface area contributed by atoms with Gasteiger partial charge in [-0.3, -0.25) is 0 Å². The van der Waals surface area contributed by atoms with E-state index in [-0.39, 0.29) is 0 Å². The number of nitrogens with two attached hydrogens (primary N) is 1. The number of benzene rings is 2. The number of aryl methyl sites for hydroxylation is 1. The molecule has 2 N–H and O–H groups in total. The summed E-state index contributed by atoms with van der Waals surface area (Å²) in [4.78, 5) is 4.55. The van der Waals surface area contributed by atoms with Crippen LogP contribution in [0.25, 0.3) is 10.2 Å². The van der Waals surface area contributed by atoms with Crippen LogP contribution in [0.1, 0.15) is 16.4 Å². The first-order chi connectivity index (χ1) is 11.9. The third kappa shape index (κ3) is 4.14. The maximum Gasteiger partial charge on any atom is 0.217 e. The second-order valence-electron chi connectivity index (χ2n) is 5.56. The SMILES string of the molecule is COc1ccc2nc(SCC(c3ccccc3C)S(N)(=O)=O)sc2c1. The Kier molecular flexibility index (Phi) is 5.33. The lowest BCUT2D eigenvalue weighted by Crippen LogP contribution is -2.24. The summed E-state index contributed by atoms with van der Waals surface area (Å²) < 4.78 is 31.2. The van der Waals surface area contributed by atoms with E-state index in [0.717, 1.165) is 31.4 Å². The largest absolute Gasteiger partial charge is 0.497 e. The van der Waals surface area contributed by atoms with Crippen molar-refractivity contribution in [2.75, 3.05) is 12.9 Å². The first kappa shape index (κ1) is 18.2. The predicted octanol–water partition coefficient (Wildman–Crippen LogP) is 3.74. The van der Waals surface area contributed by atoms with E-state index in [4.69, 9.17) is 9.88 Å². The number of nitrogens with zero attached hydrogens (tertiary/aromatic N) is 1. The molecule has 5 nitrogen and oxygen atoms in total. The van der Waals surface area contributed by atoms with Gasteiger partial charge in [-0.2, -0.15) is 0 Å². The Hall–Kier alpha value is -1.61. The quantitative estimate of drug-likeness (QED) is 0.644. The van der Waals surface area contributed by atoms with Crippen molar-refractivity contribution in [3.63, 3.8) is 0 Å². The van der Waals surface area contributed by atoms with Crippen molar-refractivity contribution >= 4 is 43.3 Å². The van der Waals surface area contributed by atoms with E-state index in [1.807, 2.05) is 49.4 Å². The van der Waals surface area contributed by atoms with Gasteiger partial charge in [-0.15, -0.1) is 11.3 Å². The number of sulfonamides is 1. The molecule has 1 atom stereocenters. The van der Waals surface area contributed by atoms with Gasteiger partial charge in [-0.25, -0.2) is 18.5 Å². The second-order valence-corrected chi connectivity index (χ2v) is 9.60. The van der Waals surface area contributed by atoms with Crippen molar-refractivity contribution in [1.29, 1.82) is 0 Å². The minimum absolute atomic E-state index is 0.320. The van der Waals surface area contributed by atoms with Crippen LogP contribution < -0.4 is 9.88 Å². The molecule has 0 amide bonds. The van der Waals surface area contributed by atoms with Gasteiger partial charge >= 0.3 is 0 Å². The minimum Gasteiger partial charge on any atom is -0.497 e. The number of rotatable bonds is 6. The van der Waals surface area contributed by atoms with Crippen LogP contribution in [0.3, 0.4) is 0 Å². The highest BCUT2D eigenvalue weighted by Gasteiger charge is 2.25. The fourth-order valence-corrected chi connectivity index (χ4v) is 6.18. The van der Waals surface area contributed by atoms with Crippen molar-refractivity contribution in [3.8, 4) is 5.75 Å². The Balaban J connectivity index is 1.85. The molecule has 1 aromatic heterocycles. The number of primary sulfonamides is 1. The Morgan fingerprint density at radius 3 is 2.72 bits per heavy atom. The first-order valence-corrected chi connectivity index (χ1v) is 10.9. The molecule has 0 aliphatic heterocycles. The molecular weight excluding hydrogens is 376 g/mol. The highest BCUT2D eigenvalue weighted by molar-refractivity contribution is 8.02. The Morgan fingerprint density at radius 2 is 2.04 bits per heavy atom.